The van der Waals surface area contributed by atoms with E-state index in [9.17, 15) is 9.90 Å². The Balaban J connectivity index is 0.00000144. The molecule has 1 aliphatic heterocycles. The van der Waals surface area contributed by atoms with Gasteiger partial charge in [0.25, 0.3) is 0 Å². The van der Waals surface area contributed by atoms with E-state index in [-0.39, 0.29) is 29.8 Å². The van der Waals surface area contributed by atoms with Gasteiger partial charge in [-0.3, -0.25) is 0 Å². The van der Waals surface area contributed by atoms with Crippen LogP contribution in [0.2, 0.25) is 0 Å². The minimum Gasteiger partial charge on any atom is -0.507 e. The first kappa shape index (κ1) is 13.8. The average molecular weight is 260 g/mol. The number of aromatic carboxylic acids is 1. The van der Waals surface area contributed by atoms with Crippen LogP contribution in [0.5, 0.6) is 5.75 Å². The third-order valence-corrected chi connectivity index (χ3v) is 2.58. The Hall–Kier alpha value is -1.30. The van der Waals surface area contributed by atoms with E-state index >= 15 is 0 Å². The van der Waals surface area contributed by atoms with Gasteiger partial charge in [0.15, 0.2) is 0 Å². The molecule has 0 bridgehead atoms. The van der Waals surface area contributed by atoms with Crippen molar-refractivity contribution in [3.63, 3.8) is 0 Å². The normalized spacial score (nSPS) is 19.4. The molecule has 17 heavy (non-hydrogen) atoms. The molecule has 0 radical (unpaired) electrons. The van der Waals surface area contributed by atoms with Crippen molar-refractivity contribution in [1.82, 2.24) is 5.32 Å². The van der Waals surface area contributed by atoms with E-state index in [0.29, 0.717) is 13.2 Å². The van der Waals surface area contributed by atoms with Gasteiger partial charge in [0.05, 0.1) is 19.3 Å². The summed E-state index contributed by atoms with van der Waals surface area (Å²) in [4.78, 5) is 10.8. The predicted octanol–water partition coefficient (Wildman–Crippen LogP) is 1.17. The van der Waals surface area contributed by atoms with Gasteiger partial charge in [-0.05, 0) is 17.7 Å². The lowest BCUT2D eigenvalue weighted by Crippen LogP contribution is -2.34. The zero-order chi connectivity index (χ0) is 11.5. The number of aromatic hydroxyl groups is 1. The van der Waals surface area contributed by atoms with Crippen molar-refractivity contribution in [1.29, 1.82) is 0 Å². The fraction of sp³-hybridized carbons (Fsp3) is 0.364. The Morgan fingerprint density at radius 1 is 1.47 bits per heavy atom. The van der Waals surface area contributed by atoms with Crippen LogP contribution in [-0.4, -0.2) is 35.9 Å². The molecule has 1 aromatic carbocycles. The van der Waals surface area contributed by atoms with Gasteiger partial charge in [0, 0.05) is 6.54 Å². The maximum absolute atomic E-state index is 10.8. The fourth-order valence-corrected chi connectivity index (χ4v) is 1.72. The lowest BCUT2D eigenvalue weighted by Gasteiger charge is -2.24. The quantitative estimate of drug-likeness (QED) is 0.743. The van der Waals surface area contributed by atoms with E-state index in [2.05, 4.69) is 5.32 Å². The van der Waals surface area contributed by atoms with E-state index in [1.165, 1.54) is 12.1 Å². The topological polar surface area (TPSA) is 78.8 Å². The molecule has 0 saturated carbocycles. The van der Waals surface area contributed by atoms with Gasteiger partial charge in [0.1, 0.15) is 11.3 Å². The summed E-state index contributed by atoms with van der Waals surface area (Å²) < 4.78 is 5.29. The molecule has 0 amide bonds. The van der Waals surface area contributed by atoms with Crippen LogP contribution in [0, 0.1) is 0 Å². The number of halogens is 1. The third kappa shape index (κ3) is 3.09. The number of rotatable bonds is 2. The van der Waals surface area contributed by atoms with E-state index in [4.69, 9.17) is 9.84 Å². The van der Waals surface area contributed by atoms with Crippen molar-refractivity contribution in [2.24, 2.45) is 0 Å². The highest BCUT2D eigenvalue weighted by atomic mass is 35.5. The monoisotopic (exact) mass is 259 g/mol. The Morgan fingerprint density at radius 2 is 2.24 bits per heavy atom. The molecule has 1 aliphatic rings. The second-order valence-electron chi connectivity index (χ2n) is 3.66. The zero-order valence-electron chi connectivity index (χ0n) is 9.05. The van der Waals surface area contributed by atoms with Crippen molar-refractivity contribution in [3.05, 3.63) is 29.3 Å². The second kappa shape index (κ2) is 5.86. The SMILES string of the molecule is Cl.O=C(O)c1cc([C@@H]2COCCN2)ccc1O. The molecule has 0 unspecified atom stereocenters. The van der Waals surface area contributed by atoms with E-state index in [0.717, 1.165) is 12.1 Å². The number of hydrogen-bond donors (Lipinski definition) is 3. The molecule has 6 heteroatoms. The molecular formula is C11H14ClNO4. The van der Waals surface area contributed by atoms with Gasteiger partial charge in [-0.1, -0.05) is 6.07 Å². The third-order valence-electron chi connectivity index (χ3n) is 2.58. The van der Waals surface area contributed by atoms with Crippen LogP contribution in [0.15, 0.2) is 18.2 Å². The first-order valence-corrected chi connectivity index (χ1v) is 5.06. The molecule has 1 aromatic rings. The van der Waals surface area contributed by atoms with Gasteiger partial charge in [-0.15, -0.1) is 12.4 Å². The lowest BCUT2D eigenvalue weighted by molar-refractivity contribution is 0.0690. The molecule has 0 spiro atoms. The van der Waals surface area contributed by atoms with Crippen molar-refractivity contribution >= 4 is 18.4 Å². The van der Waals surface area contributed by atoms with E-state index in [1.54, 1.807) is 6.07 Å². The molecule has 0 aromatic heterocycles. The largest absolute Gasteiger partial charge is 0.507 e. The van der Waals surface area contributed by atoms with Crippen LogP contribution < -0.4 is 5.32 Å². The van der Waals surface area contributed by atoms with Gasteiger partial charge < -0.3 is 20.3 Å². The summed E-state index contributed by atoms with van der Waals surface area (Å²) in [5.74, 6) is -1.34. The van der Waals surface area contributed by atoms with Gasteiger partial charge >= 0.3 is 5.97 Å². The lowest BCUT2D eigenvalue weighted by atomic mass is 10.0. The number of carboxylic acids is 1. The van der Waals surface area contributed by atoms with Gasteiger partial charge in [-0.2, -0.15) is 0 Å². The molecule has 5 nitrogen and oxygen atoms in total. The van der Waals surface area contributed by atoms with Crippen LogP contribution in [0.3, 0.4) is 0 Å². The van der Waals surface area contributed by atoms with Gasteiger partial charge in [0.2, 0.25) is 0 Å². The number of benzene rings is 1. The molecule has 1 heterocycles. The summed E-state index contributed by atoms with van der Waals surface area (Å²) in [5, 5.41) is 21.5. The maximum Gasteiger partial charge on any atom is 0.339 e. The highest BCUT2D eigenvalue weighted by molar-refractivity contribution is 5.90. The molecule has 3 N–H and O–H groups in total. The summed E-state index contributed by atoms with van der Waals surface area (Å²) in [6.07, 6.45) is 0. The van der Waals surface area contributed by atoms with Crippen LogP contribution >= 0.6 is 12.4 Å². The first-order valence-electron chi connectivity index (χ1n) is 5.06. The highest BCUT2D eigenvalue weighted by Gasteiger charge is 2.18. The summed E-state index contributed by atoms with van der Waals surface area (Å²) in [7, 11) is 0. The Morgan fingerprint density at radius 3 is 2.82 bits per heavy atom. The summed E-state index contributed by atoms with van der Waals surface area (Å²) in [6.45, 7) is 1.93. The number of ether oxygens (including phenoxy) is 1. The van der Waals surface area contributed by atoms with Crippen LogP contribution in [-0.2, 0) is 4.74 Å². The molecule has 1 saturated heterocycles. The van der Waals surface area contributed by atoms with Crippen molar-refractivity contribution in [2.75, 3.05) is 19.8 Å². The number of nitrogens with one attached hydrogen (secondary N) is 1. The Labute approximate surface area is 105 Å². The number of carbonyl (C=O) groups is 1. The highest BCUT2D eigenvalue weighted by Crippen LogP contribution is 2.23. The van der Waals surface area contributed by atoms with E-state index in [1.807, 2.05) is 0 Å². The fourth-order valence-electron chi connectivity index (χ4n) is 1.72. The standard InChI is InChI=1S/C11H13NO4.ClH/c13-10-2-1-7(5-8(10)11(14)15)9-6-16-4-3-12-9;/h1-2,5,9,12-13H,3-4,6H2,(H,14,15);1H/t9-;/m0./s1. The number of phenols is 1. The Kier molecular flexibility index (Phi) is 4.74. The summed E-state index contributed by atoms with van der Waals surface area (Å²) >= 11 is 0. The number of morpholine rings is 1. The number of carboxylic acid groups (broad SMARTS) is 1. The first-order chi connectivity index (χ1) is 7.68. The van der Waals surface area contributed by atoms with Crippen LogP contribution in [0.25, 0.3) is 0 Å². The Bertz CT molecular complexity index is 404. The molecular weight excluding hydrogens is 246 g/mol. The molecule has 1 fully saturated rings. The van der Waals surface area contributed by atoms with Gasteiger partial charge in [-0.25, -0.2) is 4.79 Å². The smallest absolute Gasteiger partial charge is 0.339 e. The summed E-state index contributed by atoms with van der Waals surface area (Å²) in [5.41, 5.74) is 0.736. The van der Waals surface area contributed by atoms with Crippen LogP contribution in [0.4, 0.5) is 0 Å². The molecule has 1 atom stereocenters. The summed E-state index contributed by atoms with van der Waals surface area (Å²) in [6, 6.07) is 4.57. The second-order valence-corrected chi connectivity index (χ2v) is 3.66. The minimum atomic E-state index is -1.13. The average Bonchev–Trinajstić information content (AvgIpc) is 2.30. The number of hydrogen-bond acceptors (Lipinski definition) is 4. The van der Waals surface area contributed by atoms with Crippen molar-refractivity contribution in [2.45, 2.75) is 6.04 Å². The predicted molar refractivity (Wildman–Crippen MR) is 63.9 cm³/mol. The maximum atomic E-state index is 10.8. The van der Waals surface area contributed by atoms with E-state index < -0.39 is 5.97 Å². The van der Waals surface area contributed by atoms with Crippen molar-refractivity contribution < 1.29 is 19.7 Å². The zero-order valence-corrected chi connectivity index (χ0v) is 9.87. The molecule has 2 rings (SSSR count). The molecule has 0 aliphatic carbocycles. The van der Waals surface area contributed by atoms with Crippen LogP contribution in [0.1, 0.15) is 22.0 Å². The van der Waals surface area contributed by atoms with Crippen molar-refractivity contribution in [3.8, 4) is 5.75 Å². The minimum absolute atomic E-state index is 0. The molecule has 94 valence electrons.